The molecule has 5 rings (SSSR count). The van der Waals surface area contributed by atoms with Gasteiger partial charge < -0.3 is 9.32 Å². The second-order valence-corrected chi connectivity index (χ2v) is 9.09. The highest BCUT2D eigenvalue weighted by atomic mass is 32.2. The number of rotatable bonds is 6. The molecule has 9 heteroatoms. The van der Waals surface area contributed by atoms with Gasteiger partial charge >= 0.3 is 0 Å². The maximum atomic E-state index is 13.1. The normalized spacial score (nSPS) is 16.6. The number of fused-ring (bicyclic) bond motifs is 1. The van der Waals surface area contributed by atoms with Gasteiger partial charge in [-0.3, -0.25) is 9.36 Å². The van der Waals surface area contributed by atoms with Gasteiger partial charge in [0.2, 0.25) is 5.91 Å². The van der Waals surface area contributed by atoms with E-state index in [1.807, 2.05) is 46.7 Å². The van der Waals surface area contributed by atoms with Crippen LogP contribution in [0.3, 0.4) is 0 Å². The zero-order chi connectivity index (χ0) is 20.5. The third kappa shape index (κ3) is 3.52. The van der Waals surface area contributed by atoms with Gasteiger partial charge in [0.15, 0.2) is 16.7 Å². The van der Waals surface area contributed by atoms with Gasteiger partial charge in [-0.2, -0.15) is 0 Å². The number of thiazole rings is 1. The number of likely N-dealkylation sites (tertiary alicyclic amines) is 1. The lowest BCUT2D eigenvalue weighted by Gasteiger charge is -2.22. The Morgan fingerprint density at radius 3 is 2.97 bits per heavy atom. The lowest BCUT2D eigenvalue weighted by atomic mass is 10.2. The standard InChI is InChI=1S/C21H21N5O2S2/c1-2-25-19(16-9-6-12-28-16)23-24-21(25)29-13-18(27)26-11-5-8-15(26)20-22-14-7-3-4-10-17(14)30-20/h3-4,6-7,9-10,12,15H,2,5,8,11,13H2,1H3. The van der Waals surface area contributed by atoms with Crippen molar-refractivity contribution in [2.75, 3.05) is 12.3 Å². The predicted octanol–water partition coefficient (Wildman–Crippen LogP) is 4.62. The molecule has 1 aliphatic rings. The Morgan fingerprint density at radius 1 is 1.27 bits per heavy atom. The summed E-state index contributed by atoms with van der Waals surface area (Å²) in [7, 11) is 0. The third-order valence-corrected chi connectivity index (χ3v) is 7.36. The van der Waals surface area contributed by atoms with Gasteiger partial charge in [0.25, 0.3) is 0 Å². The lowest BCUT2D eigenvalue weighted by molar-refractivity contribution is -0.129. The number of thioether (sulfide) groups is 1. The van der Waals surface area contributed by atoms with Gasteiger partial charge in [-0.1, -0.05) is 23.9 Å². The molecular formula is C21H21N5O2S2. The largest absolute Gasteiger partial charge is 0.461 e. The molecule has 0 radical (unpaired) electrons. The first kappa shape index (κ1) is 19.3. The monoisotopic (exact) mass is 439 g/mol. The molecule has 1 amide bonds. The minimum absolute atomic E-state index is 0.0678. The second kappa shape index (κ2) is 8.23. The van der Waals surface area contributed by atoms with Crippen molar-refractivity contribution in [1.82, 2.24) is 24.6 Å². The van der Waals surface area contributed by atoms with E-state index in [2.05, 4.69) is 16.3 Å². The molecule has 1 saturated heterocycles. The summed E-state index contributed by atoms with van der Waals surface area (Å²) in [5, 5.41) is 10.3. The predicted molar refractivity (Wildman–Crippen MR) is 117 cm³/mol. The molecule has 0 bridgehead atoms. The maximum Gasteiger partial charge on any atom is 0.233 e. The number of carbonyl (C=O) groups is 1. The van der Waals surface area contributed by atoms with E-state index in [0.717, 1.165) is 35.1 Å². The Hall–Kier alpha value is -2.65. The van der Waals surface area contributed by atoms with Crippen molar-refractivity contribution >= 4 is 39.2 Å². The van der Waals surface area contributed by atoms with Crippen LogP contribution >= 0.6 is 23.1 Å². The minimum atomic E-state index is 0.0678. The van der Waals surface area contributed by atoms with Crippen LogP contribution in [-0.4, -0.2) is 42.9 Å². The van der Waals surface area contributed by atoms with Crippen LogP contribution in [-0.2, 0) is 11.3 Å². The third-order valence-electron chi connectivity index (χ3n) is 5.27. The first-order valence-corrected chi connectivity index (χ1v) is 11.8. The average molecular weight is 440 g/mol. The van der Waals surface area contributed by atoms with E-state index in [-0.39, 0.29) is 11.9 Å². The van der Waals surface area contributed by atoms with E-state index in [9.17, 15) is 4.79 Å². The van der Waals surface area contributed by atoms with Crippen LogP contribution in [0.5, 0.6) is 0 Å². The van der Waals surface area contributed by atoms with Crippen molar-refractivity contribution < 1.29 is 9.21 Å². The molecule has 154 valence electrons. The molecule has 30 heavy (non-hydrogen) atoms. The molecule has 4 heterocycles. The number of hydrogen-bond acceptors (Lipinski definition) is 7. The average Bonchev–Trinajstić information content (AvgIpc) is 3.55. The fourth-order valence-electron chi connectivity index (χ4n) is 3.83. The number of aromatic nitrogens is 4. The zero-order valence-electron chi connectivity index (χ0n) is 16.5. The van der Waals surface area contributed by atoms with Gasteiger partial charge in [0.05, 0.1) is 28.3 Å². The number of furan rings is 1. The van der Waals surface area contributed by atoms with Crippen LogP contribution in [0.1, 0.15) is 30.8 Å². The maximum absolute atomic E-state index is 13.1. The molecular weight excluding hydrogens is 418 g/mol. The van der Waals surface area contributed by atoms with Gasteiger partial charge in [-0.05, 0) is 44.0 Å². The lowest BCUT2D eigenvalue weighted by Crippen LogP contribution is -2.32. The molecule has 1 aromatic carbocycles. The molecule has 1 aliphatic heterocycles. The van der Waals surface area contributed by atoms with E-state index in [4.69, 9.17) is 9.40 Å². The first-order valence-electron chi connectivity index (χ1n) is 9.99. The quantitative estimate of drug-likeness (QED) is 0.408. The fourth-order valence-corrected chi connectivity index (χ4v) is 5.84. The van der Waals surface area contributed by atoms with E-state index in [1.165, 1.54) is 16.5 Å². The van der Waals surface area contributed by atoms with Crippen LogP contribution in [0.4, 0.5) is 0 Å². The number of hydrogen-bond donors (Lipinski definition) is 0. The summed E-state index contributed by atoms with van der Waals surface area (Å²) < 4.78 is 8.60. The number of nitrogens with zero attached hydrogens (tertiary/aromatic N) is 5. The molecule has 0 saturated carbocycles. The summed E-state index contributed by atoms with van der Waals surface area (Å²) in [6.45, 7) is 3.51. The number of carbonyl (C=O) groups excluding carboxylic acids is 1. The van der Waals surface area contributed by atoms with Crippen LogP contribution < -0.4 is 0 Å². The minimum Gasteiger partial charge on any atom is -0.461 e. The number of para-hydroxylation sites is 1. The molecule has 0 N–H and O–H groups in total. The zero-order valence-corrected chi connectivity index (χ0v) is 18.2. The van der Waals surface area contributed by atoms with Gasteiger partial charge in [-0.25, -0.2) is 4.98 Å². The Morgan fingerprint density at radius 2 is 2.17 bits per heavy atom. The van der Waals surface area contributed by atoms with Gasteiger partial charge in [0.1, 0.15) is 5.01 Å². The molecule has 4 aromatic rings. The van der Waals surface area contributed by atoms with Gasteiger partial charge in [-0.15, -0.1) is 21.5 Å². The van der Waals surface area contributed by atoms with Crippen molar-refractivity contribution in [3.05, 3.63) is 47.7 Å². The summed E-state index contributed by atoms with van der Waals surface area (Å²) in [5.41, 5.74) is 1.01. The van der Waals surface area contributed by atoms with Gasteiger partial charge in [0, 0.05) is 13.1 Å². The van der Waals surface area contributed by atoms with E-state index < -0.39 is 0 Å². The van der Waals surface area contributed by atoms with Crippen molar-refractivity contribution in [2.45, 2.75) is 37.5 Å². The Balaban J connectivity index is 1.30. The molecule has 1 unspecified atom stereocenters. The number of benzene rings is 1. The Labute approximate surface area is 182 Å². The van der Waals surface area contributed by atoms with E-state index >= 15 is 0 Å². The summed E-state index contributed by atoms with van der Waals surface area (Å²) >= 11 is 3.12. The molecule has 3 aromatic heterocycles. The fraction of sp³-hybridized carbons (Fsp3) is 0.333. The van der Waals surface area contributed by atoms with Crippen LogP contribution in [0.15, 0.2) is 52.2 Å². The van der Waals surface area contributed by atoms with Crippen molar-refractivity contribution in [3.8, 4) is 11.6 Å². The topological polar surface area (TPSA) is 77.1 Å². The Kier molecular flexibility index (Phi) is 5.30. The highest BCUT2D eigenvalue weighted by Crippen LogP contribution is 2.37. The summed E-state index contributed by atoms with van der Waals surface area (Å²) in [6, 6.07) is 11.9. The smallest absolute Gasteiger partial charge is 0.233 e. The van der Waals surface area contributed by atoms with Crippen molar-refractivity contribution in [3.63, 3.8) is 0 Å². The molecule has 0 aliphatic carbocycles. The van der Waals surface area contributed by atoms with Crippen LogP contribution in [0, 0.1) is 0 Å². The molecule has 1 fully saturated rings. The van der Waals surface area contributed by atoms with Crippen molar-refractivity contribution in [1.29, 1.82) is 0 Å². The molecule has 1 atom stereocenters. The van der Waals surface area contributed by atoms with Crippen LogP contribution in [0.25, 0.3) is 21.8 Å². The first-order chi connectivity index (χ1) is 14.7. The summed E-state index contributed by atoms with van der Waals surface area (Å²) in [6.07, 6.45) is 3.59. The molecule has 0 spiro atoms. The van der Waals surface area contributed by atoms with Crippen LogP contribution in [0.2, 0.25) is 0 Å². The molecule has 7 nitrogen and oxygen atoms in total. The second-order valence-electron chi connectivity index (χ2n) is 7.08. The van der Waals surface area contributed by atoms with E-state index in [0.29, 0.717) is 23.9 Å². The summed E-state index contributed by atoms with van der Waals surface area (Å²) in [4.78, 5) is 19.8. The summed E-state index contributed by atoms with van der Waals surface area (Å²) in [5.74, 6) is 1.81. The highest BCUT2D eigenvalue weighted by molar-refractivity contribution is 7.99. The Bertz CT molecular complexity index is 1130. The SMILES string of the molecule is CCn1c(SCC(=O)N2CCCC2c2nc3ccccc3s2)nnc1-c1ccco1. The number of amides is 1. The van der Waals surface area contributed by atoms with E-state index in [1.54, 1.807) is 17.6 Å². The van der Waals surface area contributed by atoms with Crippen molar-refractivity contribution in [2.24, 2.45) is 0 Å². The highest BCUT2D eigenvalue weighted by Gasteiger charge is 2.32.